The SMILES string of the molecule is CCC1C(=O)CC1c1cccc(C)c1. The zero-order chi connectivity index (χ0) is 10.1. The van der Waals surface area contributed by atoms with Crippen molar-refractivity contribution in [1.82, 2.24) is 0 Å². The molecule has 1 aromatic carbocycles. The highest BCUT2D eigenvalue weighted by Crippen LogP contribution is 2.41. The van der Waals surface area contributed by atoms with Crippen molar-refractivity contribution in [2.45, 2.75) is 32.6 Å². The van der Waals surface area contributed by atoms with Crippen molar-refractivity contribution in [2.75, 3.05) is 0 Å². The number of hydrogen-bond donors (Lipinski definition) is 0. The van der Waals surface area contributed by atoms with E-state index in [4.69, 9.17) is 0 Å². The zero-order valence-electron chi connectivity index (χ0n) is 8.79. The molecule has 1 heteroatoms. The Bertz CT molecular complexity index is 354. The molecule has 1 aliphatic carbocycles. The summed E-state index contributed by atoms with van der Waals surface area (Å²) >= 11 is 0. The van der Waals surface area contributed by atoms with Gasteiger partial charge in [-0.25, -0.2) is 0 Å². The predicted molar refractivity (Wildman–Crippen MR) is 57.3 cm³/mol. The standard InChI is InChI=1S/C13H16O/c1-3-11-12(8-13(11)14)10-6-4-5-9(2)7-10/h4-7,11-12H,3,8H2,1-2H3. The van der Waals surface area contributed by atoms with Gasteiger partial charge >= 0.3 is 0 Å². The Morgan fingerprint density at radius 2 is 2.21 bits per heavy atom. The Labute approximate surface area is 85.1 Å². The molecule has 14 heavy (non-hydrogen) atoms. The number of carbonyl (C=O) groups excluding carboxylic acids is 1. The molecular formula is C13H16O. The highest BCUT2D eigenvalue weighted by Gasteiger charge is 2.38. The van der Waals surface area contributed by atoms with Gasteiger partial charge in [-0.1, -0.05) is 36.8 Å². The molecule has 0 saturated heterocycles. The number of carbonyl (C=O) groups is 1. The molecule has 0 N–H and O–H groups in total. The van der Waals surface area contributed by atoms with E-state index in [9.17, 15) is 4.79 Å². The van der Waals surface area contributed by atoms with E-state index in [1.165, 1.54) is 11.1 Å². The summed E-state index contributed by atoms with van der Waals surface area (Å²) in [4.78, 5) is 11.3. The third-order valence-corrected chi connectivity index (χ3v) is 3.23. The van der Waals surface area contributed by atoms with Crippen molar-refractivity contribution in [3.05, 3.63) is 35.4 Å². The van der Waals surface area contributed by atoms with Crippen LogP contribution in [0.2, 0.25) is 0 Å². The van der Waals surface area contributed by atoms with Gasteiger partial charge in [-0.15, -0.1) is 0 Å². The van der Waals surface area contributed by atoms with E-state index in [1.54, 1.807) is 0 Å². The van der Waals surface area contributed by atoms with E-state index < -0.39 is 0 Å². The van der Waals surface area contributed by atoms with Crippen molar-refractivity contribution < 1.29 is 4.79 Å². The third-order valence-electron chi connectivity index (χ3n) is 3.23. The van der Waals surface area contributed by atoms with Crippen LogP contribution in [-0.4, -0.2) is 5.78 Å². The van der Waals surface area contributed by atoms with Crippen LogP contribution in [0.4, 0.5) is 0 Å². The van der Waals surface area contributed by atoms with E-state index in [1.807, 2.05) is 0 Å². The molecule has 0 spiro atoms. The monoisotopic (exact) mass is 188 g/mol. The maximum atomic E-state index is 11.3. The van der Waals surface area contributed by atoms with Crippen LogP contribution in [0.1, 0.15) is 36.8 Å². The van der Waals surface area contributed by atoms with Crippen molar-refractivity contribution in [3.63, 3.8) is 0 Å². The lowest BCUT2D eigenvalue weighted by Gasteiger charge is -2.34. The first-order chi connectivity index (χ1) is 6.72. The Morgan fingerprint density at radius 1 is 1.43 bits per heavy atom. The summed E-state index contributed by atoms with van der Waals surface area (Å²) in [7, 11) is 0. The van der Waals surface area contributed by atoms with Gasteiger partial charge in [0.1, 0.15) is 5.78 Å². The summed E-state index contributed by atoms with van der Waals surface area (Å²) in [5, 5.41) is 0. The van der Waals surface area contributed by atoms with Crippen LogP contribution in [0.15, 0.2) is 24.3 Å². The van der Waals surface area contributed by atoms with Crippen LogP contribution in [0.3, 0.4) is 0 Å². The Morgan fingerprint density at radius 3 is 2.79 bits per heavy atom. The Kier molecular flexibility index (Phi) is 2.40. The van der Waals surface area contributed by atoms with E-state index >= 15 is 0 Å². The summed E-state index contributed by atoms with van der Waals surface area (Å²) in [6, 6.07) is 8.54. The first-order valence-electron chi connectivity index (χ1n) is 5.31. The summed E-state index contributed by atoms with van der Waals surface area (Å²) < 4.78 is 0. The van der Waals surface area contributed by atoms with Gasteiger partial charge in [0.2, 0.25) is 0 Å². The molecule has 2 rings (SSSR count). The van der Waals surface area contributed by atoms with E-state index in [-0.39, 0.29) is 5.92 Å². The van der Waals surface area contributed by atoms with Gasteiger partial charge in [-0.3, -0.25) is 4.79 Å². The first-order valence-corrected chi connectivity index (χ1v) is 5.31. The predicted octanol–water partition coefficient (Wildman–Crippen LogP) is 3.08. The average Bonchev–Trinajstić information content (AvgIpc) is 2.14. The molecule has 0 amide bonds. The molecule has 0 aromatic heterocycles. The van der Waals surface area contributed by atoms with Gasteiger partial charge < -0.3 is 0 Å². The molecule has 1 aliphatic rings. The smallest absolute Gasteiger partial charge is 0.137 e. The molecule has 1 aromatic rings. The van der Waals surface area contributed by atoms with Crippen LogP contribution in [0, 0.1) is 12.8 Å². The largest absolute Gasteiger partial charge is 0.299 e. The van der Waals surface area contributed by atoms with Crippen LogP contribution in [0.25, 0.3) is 0 Å². The van der Waals surface area contributed by atoms with Crippen LogP contribution in [0.5, 0.6) is 0 Å². The topological polar surface area (TPSA) is 17.1 Å². The maximum absolute atomic E-state index is 11.3. The van der Waals surface area contributed by atoms with Crippen molar-refractivity contribution in [2.24, 2.45) is 5.92 Å². The lowest BCUT2D eigenvalue weighted by molar-refractivity contribution is -0.131. The lowest BCUT2D eigenvalue weighted by atomic mass is 9.67. The minimum Gasteiger partial charge on any atom is -0.299 e. The molecular weight excluding hydrogens is 172 g/mol. The van der Waals surface area contributed by atoms with Crippen LogP contribution < -0.4 is 0 Å². The zero-order valence-corrected chi connectivity index (χ0v) is 8.79. The number of aryl methyl sites for hydroxylation is 1. The van der Waals surface area contributed by atoms with Gasteiger partial charge in [-0.2, -0.15) is 0 Å². The average molecular weight is 188 g/mol. The van der Waals surface area contributed by atoms with E-state index in [0.717, 1.165) is 12.8 Å². The van der Waals surface area contributed by atoms with Crippen molar-refractivity contribution >= 4 is 5.78 Å². The third kappa shape index (κ3) is 1.47. The molecule has 2 atom stereocenters. The second-order valence-electron chi connectivity index (χ2n) is 4.21. The molecule has 0 radical (unpaired) electrons. The fourth-order valence-corrected chi connectivity index (χ4v) is 2.34. The number of rotatable bonds is 2. The van der Waals surface area contributed by atoms with Gasteiger partial charge in [0.05, 0.1) is 0 Å². The Hall–Kier alpha value is -1.11. The molecule has 1 saturated carbocycles. The van der Waals surface area contributed by atoms with Crippen LogP contribution >= 0.6 is 0 Å². The molecule has 0 aliphatic heterocycles. The van der Waals surface area contributed by atoms with Gasteiger partial charge in [0.15, 0.2) is 0 Å². The highest BCUT2D eigenvalue weighted by molar-refractivity contribution is 5.89. The molecule has 1 nitrogen and oxygen atoms in total. The summed E-state index contributed by atoms with van der Waals surface area (Å²) in [5.74, 6) is 1.23. The molecule has 1 fully saturated rings. The van der Waals surface area contributed by atoms with Gasteiger partial charge in [-0.05, 0) is 18.9 Å². The van der Waals surface area contributed by atoms with Crippen molar-refractivity contribution in [1.29, 1.82) is 0 Å². The minimum absolute atomic E-state index is 0.289. The van der Waals surface area contributed by atoms with E-state index in [0.29, 0.717) is 11.7 Å². The van der Waals surface area contributed by atoms with Crippen LogP contribution in [-0.2, 0) is 4.79 Å². The van der Waals surface area contributed by atoms with Crippen molar-refractivity contribution in [3.8, 4) is 0 Å². The molecule has 74 valence electrons. The van der Waals surface area contributed by atoms with Gasteiger partial charge in [0, 0.05) is 18.3 Å². The Balaban J connectivity index is 2.20. The summed E-state index contributed by atoms with van der Waals surface area (Å²) in [6.45, 7) is 4.20. The molecule has 2 unspecified atom stereocenters. The summed E-state index contributed by atoms with van der Waals surface area (Å²) in [5.41, 5.74) is 2.63. The number of benzene rings is 1. The fraction of sp³-hybridized carbons (Fsp3) is 0.462. The minimum atomic E-state index is 0.289. The molecule has 0 heterocycles. The normalized spacial score (nSPS) is 26.0. The highest BCUT2D eigenvalue weighted by atomic mass is 16.1. The lowest BCUT2D eigenvalue weighted by Crippen LogP contribution is -2.34. The first kappa shape index (κ1) is 9.45. The fourth-order valence-electron chi connectivity index (χ4n) is 2.34. The number of hydrogen-bond acceptors (Lipinski definition) is 1. The quantitative estimate of drug-likeness (QED) is 0.697. The second-order valence-corrected chi connectivity index (χ2v) is 4.21. The number of Topliss-reactive ketones (excluding diaryl/α,β-unsaturated/α-hetero) is 1. The second kappa shape index (κ2) is 3.56. The summed E-state index contributed by atoms with van der Waals surface area (Å²) in [6.07, 6.45) is 1.74. The molecule has 0 bridgehead atoms. The maximum Gasteiger partial charge on any atom is 0.137 e. The van der Waals surface area contributed by atoms with Gasteiger partial charge in [0.25, 0.3) is 0 Å². The number of ketones is 1. The van der Waals surface area contributed by atoms with E-state index in [2.05, 4.69) is 38.1 Å².